The van der Waals surface area contributed by atoms with Crippen molar-refractivity contribution >= 4 is 41.5 Å². The number of halogens is 1. The Morgan fingerprint density at radius 3 is 2.39 bits per heavy atom. The highest BCUT2D eigenvalue weighted by Gasteiger charge is 2.21. The number of carbonyl (C=O) groups is 1. The van der Waals surface area contributed by atoms with Crippen molar-refractivity contribution in [1.82, 2.24) is 15.5 Å². The minimum absolute atomic E-state index is 0. The number of amides is 1. The molecule has 1 atom stereocenters. The van der Waals surface area contributed by atoms with Gasteiger partial charge in [0.1, 0.15) is 0 Å². The predicted octanol–water partition coefficient (Wildman–Crippen LogP) is 3.22. The fourth-order valence-corrected chi connectivity index (χ4v) is 3.43. The van der Waals surface area contributed by atoms with Gasteiger partial charge in [0.15, 0.2) is 5.96 Å². The summed E-state index contributed by atoms with van der Waals surface area (Å²) < 4.78 is 0. The topological polar surface area (TPSA) is 60.0 Å². The molecule has 1 aromatic rings. The Hall–Kier alpha value is -1.35. The van der Waals surface area contributed by atoms with E-state index in [-0.39, 0.29) is 29.9 Å². The lowest BCUT2D eigenvalue weighted by Gasteiger charge is -2.27. The molecule has 1 heterocycles. The third kappa shape index (κ3) is 7.24. The van der Waals surface area contributed by atoms with Crippen LogP contribution in [0, 0.1) is 0 Å². The number of anilines is 1. The Morgan fingerprint density at radius 1 is 1.18 bits per heavy atom. The van der Waals surface area contributed by atoms with Gasteiger partial charge >= 0.3 is 0 Å². The van der Waals surface area contributed by atoms with Gasteiger partial charge in [0, 0.05) is 37.8 Å². The average molecular weight is 501 g/mol. The van der Waals surface area contributed by atoms with Crippen molar-refractivity contribution < 1.29 is 4.79 Å². The van der Waals surface area contributed by atoms with Gasteiger partial charge in [-0.15, -0.1) is 24.0 Å². The zero-order valence-corrected chi connectivity index (χ0v) is 20.0. The summed E-state index contributed by atoms with van der Waals surface area (Å²) in [6, 6.07) is 8.63. The van der Waals surface area contributed by atoms with Crippen LogP contribution >= 0.6 is 24.0 Å². The Balaban J connectivity index is 0.00000392. The van der Waals surface area contributed by atoms with Crippen LogP contribution in [0.25, 0.3) is 0 Å². The molecule has 0 spiro atoms. The number of nitrogens with one attached hydrogen (secondary N) is 2. The van der Waals surface area contributed by atoms with Crippen LogP contribution in [0.15, 0.2) is 29.3 Å². The van der Waals surface area contributed by atoms with Crippen molar-refractivity contribution in [3.05, 3.63) is 29.8 Å². The SMILES string of the molecule is CCNC(=NCc1ccc(N2CCCC2=O)cc1)NCC(C)N(CC)CC.I. The van der Waals surface area contributed by atoms with E-state index in [2.05, 4.69) is 55.4 Å². The van der Waals surface area contributed by atoms with Crippen LogP contribution in [0.1, 0.15) is 46.1 Å². The molecule has 2 N–H and O–H groups in total. The largest absolute Gasteiger partial charge is 0.357 e. The Kier molecular flexibility index (Phi) is 11.4. The van der Waals surface area contributed by atoms with E-state index in [0.717, 1.165) is 56.4 Å². The fourth-order valence-electron chi connectivity index (χ4n) is 3.43. The van der Waals surface area contributed by atoms with Crippen LogP contribution in [0.5, 0.6) is 0 Å². The molecular formula is C21H36IN5O. The summed E-state index contributed by atoms with van der Waals surface area (Å²) in [5.41, 5.74) is 2.13. The summed E-state index contributed by atoms with van der Waals surface area (Å²) in [7, 11) is 0. The van der Waals surface area contributed by atoms with Crippen molar-refractivity contribution in [2.45, 2.75) is 53.1 Å². The normalized spacial score (nSPS) is 15.5. The maximum atomic E-state index is 11.8. The van der Waals surface area contributed by atoms with E-state index >= 15 is 0 Å². The van der Waals surface area contributed by atoms with Gasteiger partial charge in [-0.2, -0.15) is 0 Å². The van der Waals surface area contributed by atoms with Gasteiger partial charge in [-0.1, -0.05) is 26.0 Å². The van der Waals surface area contributed by atoms with Gasteiger partial charge in [-0.25, -0.2) is 4.99 Å². The average Bonchev–Trinajstić information content (AvgIpc) is 3.11. The van der Waals surface area contributed by atoms with Crippen molar-refractivity contribution in [2.24, 2.45) is 4.99 Å². The van der Waals surface area contributed by atoms with Crippen molar-refractivity contribution in [1.29, 1.82) is 0 Å². The second-order valence-electron chi connectivity index (χ2n) is 6.96. The zero-order chi connectivity index (χ0) is 19.6. The summed E-state index contributed by atoms with van der Waals surface area (Å²) in [5, 5.41) is 6.76. The Labute approximate surface area is 187 Å². The lowest BCUT2D eigenvalue weighted by Crippen LogP contribution is -2.45. The first-order valence-electron chi connectivity index (χ1n) is 10.2. The number of guanidine groups is 1. The lowest BCUT2D eigenvalue weighted by molar-refractivity contribution is -0.117. The second kappa shape index (κ2) is 13.0. The molecule has 158 valence electrons. The van der Waals surface area contributed by atoms with E-state index in [1.807, 2.05) is 17.0 Å². The van der Waals surface area contributed by atoms with Gasteiger partial charge < -0.3 is 15.5 Å². The molecule has 0 radical (unpaired) electrons. The van der Waals surface area contributed by atoms with Gasteiger partial charge in [-0.3, -0.25) is 9.69 Å². The molecule has 1 amide bonds. The molecule has 0 bridgehead atoms. The van der Waals surface area contributed by atoms with E-state index in [1.54, 1.807) is 0 Å². The van der Waals surface area contributed by atoms with Crippen LogP contribution in [-0.2, 0) is 11.3 Å². The van der Waals surface area contributed by atoms with Gasteiger partial charge in [0.2, 0.25) is 5.91 Å². The summed E-state index contributed by atoms with van der Waals surface area (Å²) in [4.78, 5) is 20.8. The van der Waals surface area contributed by atoms with Crippen LogP contribution in [-0.4, -0.2) is 55.5 Å². The van der Waals surface area contributed by atoms with E-state index in [9.17, 15) is 4.79 Å². The quantitative estimate of drug-likeness (QED) is 0.310. The maximum absolute atomic E-state index is 11.8. The molecule has 2 rings (SSSR count). The molecule has 7 heteroatoms. The first-order valence-corrected chi connectivity index (χ1v) is 10.2. The van der Waals surface area contributed by atoms with E-state index in [4.69, 9.17) is 4.99 Å². The molecule has 0 aromatic heterocycles. The molecule has 1 aliphatic heterocycles. The van der Waals surface area contributed by atoms with Crippen molar-refractivity contribution in [3.63, 3.8) is 0 Å². The third-order valence-electron chi connectivity index (χ3n) is 5.09. The zero-order valence-electron chi connectivity index (χ0n) is 17.7. The smallest absolute Gasteiger partial charge is 0.227 e. The minimum Gasteiger partial charge on any atom is -0.357 e. The monoisotopic (exact) mass is 501 g/mol. The number of hydrogen-bond donors (Lipinski definition) is 2. The number of hydrogen-bond acceptors (Lipinski definition) is 3. The summed E-state index contributed by atoms with van der Waals surface area (Å²) in [5.74, 6) is 1.07. The van der Waals surface area contributed by atoms with Crippen LogP contribution in [0.3, 0.4) is 0 Å². The predicted molar refractivity (Wildman–Crippen MR) is 129 cm³/mol. The Morgan fingerprint density at radius 2 is 1.86 bits per heavy atom. The highest BCUT2D eigenvalue weighted by atomic mass is 127. The molecule has 0 aliphatic carbocycles. The van der Waals surface area contributed by atoms with Crippen LogP contribution in [0.2, 0.25) is 0 Å². The number of benzene rings is 1. The molecule has 1 aliphatic rings. The maximum Gasteiger partial charge on any atom is 0.227 e. The molecule has 1 unspecified atom stereocenters. The number of likely N-dealkylation sites (N-methyl/N-ethyl adjacent to an activating group) is 1. The fraction of sp³-hybridized carbons (Fsp3) is 0.619. The van der Waals surface area contributed by atoms with Gasteiger partial charge in [0.05, 0.1) is 6.54 Å². The summed E-state index contributed by atoms with van der Waals surface area (Å²) in [6.07, 6.45) is 1.62. The molecular weight excluding hydrogens is 465 g/mol. The van der Waals surface area contributed by atoms with Crippen molar-refractivity contribution in [2.75, 3.05) is 37.6 Å². The van der Waals surface area contributed by atoms with E-state index < -0.39 is 0 Å². The molecule has 6 nitrogen and oxygen atoms in total. The van der Waals surface area contributed by atoms with Gasteiger partial charge in [0.25, 0.3) is 0 Å². The first kappa shape index (κ1) is 24.7. The highest BCUT2D eigenvalue weighted by Crippen LogP contribution is 2.21. The molecule has 28 heavy (non-hydrogen) atoms. The third-order valence-corrected chi connectivity index (χ3v) is 5.09. The number of nitrogens with zero attached hydrogens (tertiary/aromatic N) is 3. The minimum atomic E-state index is 0. The van der Waals surface area contributed by atoms with E-state index in [0.29, 0.717) is 19.0 Å². The standard InChI is InChI=1S/C21H35N5O.HI/c1-5-22-21(23-15-17(4)25(6-2)7-3)24-16-18-10-12-19(13-11-18)26-14-8-9-20(26)27;/h10-13,17H,5-9,14-16H2,1-4H3,(H2,22,23,24);1H. The number of aliphatic imine (C=N–C) groups is 1. The number of carbonyl (C=O) groups excluding carboxylic acids is 1. The summed E-state index contributed by atoms with van der Waals surface area (Å²) >= 11 is 0. The van der Waals surface area contributed by atoms with Gasteiger partial charge in [-0.05, 0) is 51.1 Å². The molecule has 1 aromatic carbocycles. The number of rotatable bonds is 9. The Bertz CT molecular complexity index is 616. The van der Waals surface area contributed by atoms with Crippen molar-refractivity contribution in [3.8, 4) is 0 Å². The second-order valence-corrected chi connectivity index (χ2v) is 6.96. The molecule has 1 saturated heterocycles. The first-order chi connectivity index (χ1) is 13.1. The van der Waals surface area contributed by atoms with Crippen LogP contribution < -0.4 is 15.5 Å². The highest BCUT2D eigenvalue weighted by molar-refractivity contribution is 14.0. The molecule has 0 saturated carbocycles. The lowest BCUT2D eigenvalue weighted by atomic mass is 10.2. The van der Waals surface area contributed by atoms with Crippen LogP contribution in [0.4, 0.5) is 5.69 Å². The molecule has 1 fully saturated rings. The van der Waals surface area contributed by atoms with E-state index in [1.165, 1.54) is 0 Å². The summed E-state index contributed by atoms with van der Waals surface area (Å²) in [6.45, 7) is 14.0.